The van der Waals surface area contributed by atoms with E-state index in [0.29, 0.717) is 16.6 Å². The average molecular weight is 288 g/mol. The standard InChI is InChI=1S/C11H11Cl2N3S/c12-7-3-4-9(13)8(6-7)11-16-15-10(17-11)2-1-5-14/h3-4,6H,1-2,5,14H2. The lowest BCUT2D eigenvalue weighted by molar-refractivity contribution is 0.812. The van der Waals surface area contributed by atoms with Gasteiger partial charge in [-0.05, 0) is 31.2 Å². The first-order valence-corrected chi connectivity index (χ1v) is 6.76. The fourth-order valence-electron chi connectivity index (χ4n) is 1.38. The van der Waals surface area contributed by atoms with Crippen molar-refractivity contribution in [3.8, 4) is 10.6 Å². The van der Waals surface area contributed by atoms with Gasteiger partial charge in [0.15, 0.2) is 0 Å². The number of benzene rings is 1. The van der Waals surface area contributed by atoms with Crippen molar-refractivity contribution in [1.82, 2.24) is 10.2 Å². The molecule has 0 saturated carbocycles. The van der Waals surface area contributed by atoms with Gasteiger partial charge in [0, 0.05) is 17.0 Å². The third-order valence-corrected chi connectivity index (χ3v) is 3.80. The number of nitrogens with zero attached hydrogens (tertiary/aromatic N) is 2. The highest BCUT2D eigenvalue weighted by Gasteiger charge is 2.10. The average Bonchev–Trinajstić information content (AvgIpc) is 2.78. The van der Waals surface area contributed by atoms with Crippen molar-refractivity contribution < 1.29 is 0 Å². The Morgan fingerprint density at radius 1 is 1.24 bits per heavy atom. The normalized spacial score (nSPS) is 10.8. The fourth-order valence-corrected chi connectivity index (χ4v) is 2.73. The zero-order chi connectivity index (χ0) is 12.3. The number of hydrogen-bond donors (Lipinski definition) is 1. The summed E-state index contributed by atoms with van der Waals surface area (Å²) in [6, 6.07) is 5.32. The highest BCUT2D eigenvalue weighted by atomic mass is 35.5. The van der Waals surface area contributed by atoms with E-state index in [-0.39, 0.29) is 0 Å². The summed E-state index contributed by atoms with van der Waals surface area (Å²) in [6.45, 7) is 0.660. The molecule has 0 aliphatic heterocycles. The highest BCUT2D eigenvalue weighted by Crippen LogP contribution is 2.32. The second-order valence-corrected chi connectivity index (χ2v) is 5.42. The van der Waals surface area contributed by atoms with Gasteiger partial charge >= 0.3 is 0 Å². The van der Waals surface area contributed by atoms with E-state index in [1.54, 1.807) is 18.2 Å². The summed E-state index contributed by atoms with van der Waals surface area (Å²) < 4.78 is 0. The molecule has 0 atom stereocenters. The Labute approximate surface area is 114 Å². The Kier molecular flexibility index (Phi) is 4.34. The summed E-state index contributed by atoms with van der Waals surface area (Å²) in [4.78, 5) is 0. The number of halogens is 2. The van der Waals surface area contributed by atoms with Crippen LogP contribution in [0.25, 0.3) is 10.6 Å². The molecule has 0 radical (unpaired) electrons. The van der Waals surface area contributed by atoms with E-state index < -0.39 is 0 Å². The lowest BCUT2D eigenvalue weighted by Crippen LogP contribution is -1.99. The van der Waals surface area contributed by atoms with E-state index in [2.05, 4.69) is 10.2 Å². The molecule has 3 nitrogen and oxygen atoms in total. The zero-order valence-corrected chi connectivity index (χ0v) is 11.3. The minimum absolute atomic E-state index is 0.635. The zero-order valence-electron chi connectivity index (χ0n) is 8.99. The van der Waals surface area contributed by atoms with Crippen molar-refractivity contribution in [2.45, 2.75) is 12.8 Å². The second kappa shape index (κ2) is 5.78. The molecule has 2 aromatic rings. The molecule has 0 unspecified atom stereocenters. The molecule has 0 fully saturated rings. The van der Waals surface area contributed by atoms with Gasteiger partial charge in [0.1, 0.15) is 10.0 Å². The fraction of sp³-hybridized carbons (Fsp3) is 0.273. The van der Waals surface area contributed by atoms with E-state index in [0.717, 1.165) is 28.4 Å². The van der Waals surface area contributed by atoms with Crippen LogP contribution in [0.2, 0.25) is 10.0 Å². The summed E-state index contributed by atoms with van der Waals surface area (Å²) in [5, 5.41) is 11.3. The first kappa shape index (κ1) is 12.8. The molecule has 0 amide bonds. The topological polar surface area (TPSA) is 51.8 Å². The van der Waals surface area contributed by atoms with Gasteiger partial charge in [0.05, 0.1) is 5.02 Å². The third kappa shape index (κ3) is 3.16. The van der Waals surface area contributed by atoms with Crippen LogP contribution in [0.5, 0.6) is 0 Å². The molecule has 0 aliphatic rings. The van der Waals surface area contributed by atoms with Crippen molar-refractivity contribution in [2.75, 3.05) is 6.54 Å². The predicted octanol–water partition coefficient (Wildman–Crippen LogP) is 3.40. The number of hydrogen-bond acceptors (Lipinski definition) is 4. The molecule has 0 spiro atoms. The quantitative estimate of drug-likeness (QED) is 0.938. The van der Waals surface area contributed by atoms with Crippen LogP contribution in [0.1, 0.15) is 11.4 Å². The van der Waals surface area contributed by atoms with E-state index in [9.17, 15) is 0 Å². The number of nitrogens with two attached hydrogens (primary N) is 1. The largest absolute Gasteiger partial charge is 0.330 e. The van der Waals surface area contributed by atoms with Crippen molar-refractivity contribution >= 4 is 34.5 Å². The molecule has 2 rings (SSSR count). The number of rotatable bonds is 4. The molecule has 0 aliphatic carbocycles. The summed E-state index contributed by atoms with van der Waals surface area (Å²) in [7, 11) is 0. The maximum atomic E-state index is 6.10. The van der Waals surface area contributed by atoms with E-state index in [1.165, 1.54) is 11.3 Å². The molecule has 17 heavy (non-hydrogen) atoms. The molecule has 0 saturated heterocycles. The second-order valence-electron chi connectivity index (χ2n) is 3.52. The Morgan fingerprint density at radius 2 is 2.06 bits per heavy atom. The first-order chi connectivity index (χ1) is 8.20. The molecular formula is C11H11Cl2N3S. The van der Waals surface area contributed by atoms with Gasteiger partial charge in [-0.1, -0.05) is 34.5 Å². The van der Waals surface area contributed by atoms with Gasteiger partial charge < -0.3 is 5.73 Å². The molecule has 6 heteroatoms. The summed E-state index contributed by atoms with van der Waals surface area (Å²) >= 11 is 13.6. The van der Waals surface area contributed by atoms with E-state index >= 15 is 0 Å². The Balaban J connectivity index is 2.27. The SMILES string of the molecule is NCCCc1nnc(-c2cc(Cl)ccc2Cl)s1. The summed E-state index contributed by atoms with van der Waals surface area (Å²) in [5.74, 6) is 0. The minimum Gasteiger partial charge on any atom is -0.330 e. The molecule has 90 valence electrons. The molecular weight excluding hydrogens is 277 g/mol. The smallest absolute Gasteiger partial charge is 0.149 e. The third-order valence-electron chi connectivity index (χ3n) is 2.22. The number of aryl methyl sites for hydroxylation is 1. The molecule has 0 bridgehead atoms. The van der Waals surface area contributed by atoms with Gasteiger partial charge in [-0.25, -0.2) is 0 Å². The maximum absolute atomic E-state index is 6.10. The molecule has 1 aromatic heterocycles. The van der Waals surface area contributed by atoms with Gasteiger partial charge in [-0.2, -0.15) is 0 Å². The van der Waals surface area contributed by atoms with Crippen LogP contribution in [-0.4, -0.2) is 16.7 Å². The number of aromatic nitrogens is 2. The Bertz CT molecular complexity index is 513. The van der Waals surface area contributed by atoms with Crippen LogP contribution in [0.4, 0.5) is 0 Å². The summed E-state index contributed by atoms with van der Waals surface area (Å²) in [6.07, 6.45) is 1.77. The molecule has 2 N–H and O–H groups in total. The maximum Gasteiger partial charge on any atom is 0.149 e. The van der Waals surface area contributed by atoms with Crippen LogP contribution in [-0.2, 0) is 6.42 Å². The van der Waals surface area contributed by atoms with Crippen LogP contribution in [0.15, 0.2) is 18.2 Å². The van der Waals surface area contributed by atoms with Crippen LogP contribution in [0.3, 0.4) is 0 Å². The van der Waals surface area contributed by atoms with Crippen LogP contribution < -0.4 is 5.73 Å². The van der Waals surface area contributed by atoms with Gasteiger partial charge in [-0.3, -0.25) is 0 Å². The van der Waals surface area contributed by atoms with Crippen LogP contribution in [0, 0.1) is 0 Å². The molecule has 1 heterocycles. The molecule has 1 aromatic carbocycles. The van der Waals surface area contributed by atoms with Gasteiger partial charge in [-0.15, -0.1) is 10.2 Å². The van der Waals surface area contributed by atoms with Gasteiger partial charge in [0.2, 0.25) is 0 Å². The van der Waals surface area contributed by atoms with E-state index in [4.69, 9.17) is 28.9 Å². The summed E-state index contributed by atoms with van der Waals surface area (Å²) in [5.41, 5.74) is 6.29. The van der Waals surface area contributed by atoms with Gasteiger partial charge in [0.25, 0.3) is 0 Å². The lowest BCUT2D eigenvalue weighted by atomic mass is 10.2. The van der Waals surface area contributed by atoms with E-state index in [1.807, 2.05) is 0 Å². The monoisotopic (exact) mass is 287 g/mol. The lowest BCUT2D eigenvalue weighted by Gasteiger charge is -1.99. The van der Waals surface area contributed by atoms with Crippen molar-refractivity contribution in [3.63, 3.8) is 0 Å². The Morgan fingerprint density at radius 3 is 2.82 bits per heavy atom. The van der Waals surface area contributed by atoms with Crippen molar-refractivity contribution in [3.05, 3.63) is 33.3 Å². The van der Waals surface area contributed by atoms with Crippen LogP contribution >= 0.6 is 34.5 Å². The Hall–Kier alpha value is -0.680. The predicted molar refractivity (Wildman–Crippen MR) is 72.7 cm³/mol. The van der Waals surface area contributed by atoms with Crippen molar-refractivity contribution in [1.29, 1.82) is 0 Å². The highest BCUT2D eigenvalue weighted by molar-refractivity contribution is 7.14. The first-order valence-electron chi connectivity index (χ1n) is 5.18. The van der Waals surface area contributed by atoms with Crippen molar-refractivity contribution in [2.24, 2.45) is 5.73 Å². The minimum atomic E-state index is 0.635.